The summed E-state index contributed by atoms with van der Waals surface area (Å²) in [5.74, 6) is 1.22. The average molecular weight is 463 g/mol. The largest absolute Gasteiger partial charge is 0.488 e. The van der Waals surface area contributed by atoms with E-state index in [2.05, 4.69) is 58.6 Å². The van der Waals surface area contributed by atoms with Gasteiger partial charge in [-0.15, -0.1) is 0 Å². The number of nitrogens with one attached hydrogen (secondary N) is 2. The Hall–Kier alpha value is -3.13. The molecule has 1 aliphatic heterocycles. The molecule has 34 heavy (non-hydrogen) atoms. The standard InChI is InChI=1S/C26H34N6O2/c1-18(2)17-34-23-15-19-16-28-26(30-24(19)32(25(23)33)22-5-3-4-6-22)29-20-7-9-21(10-8-20)31-13-11-27-12-14-31/h7-10,15-16,18,22,27H,3-6,11-14,17H2,1-2H3,(H,28,29,30). The van der Waals surface area contributed by atoms with Crippen LogP contribution in [0.3, 0.4) is 0 Å². The fourth-order valence-electron chi connectivity index (χ4n) is 4.82. The number of piperazine rings is 1. The van der Waals surface area contributed by atoms with Crippen molar-refractivity contribution < 1.29 is 4.74 Å². The van der Waals surface area contributed by atoms with E-state index in [-0.39, 0.29) is 11.6 Å². The van der Waals surface area contributed by atoms with Gasteiger partial charge in [-0.05, 0) is 49.1 Å². The van der Waals surface area contributed by atoms with Crippen LogP contribution in [0, 0.1) is 5.92 Å². The minimum atomic E-state index is -0.0925. The first-order valence-corrected chi connectivity index (χ1v) is 12.5. The van der Waals surface area contributed by atoms with Crippen LogP contribution in [0.2, 0.25) is 0 Å². The molecule has 2 N–H and O–H groups in total. The highest BCUT2D eigenvalue weighted by Gasteiger charge is 2.23. The topological polar surface area (TPSA) is 84.3 Å². The van der Waals surface area contributed by atoms with E-state index in [0.717, 1.165) is 62.9 Å². The first kappa shape index (κ1) is 22.7. The molecule has 0 atom stereocenters. The Morgan fingerprint density at radius 2 is 1.88 bits per heavy atom. The van der Waals surface area contributed by atoms with Gasteiger partial charge in [-0.25, -0.2) is 4.98 Å². The number of pyridine rings is 1. The van der Waals surface area contributed by atoms with Crippen molar-refractivity contribution in [2.45, 2.75) is 45.6 Å². The van der Waals surface area contributed by atoms with E-state index in [4.69, 9.17) is 9.72 Å². The molecule has 0 radical (unpaired) electrons. The van der Waals surface area contributed by atoms with Gasteiger partial charge in [-0.3, -0.25) is 9.36 Å². The lowest BCUT2D eigenvalue weighted by Crippen LogP contribution is -2.43. The molecule has 1 saturated carbocycles. The van der Waals surface area contributed by atoms with Gasteiger partial charge >= 0.3 is 0 Å². The first-order chi connectivity index (χ1) is 16.6. The van der Waals surface area contributed by atoms with E-state index in [1.165, 1.54) is 5.69 Å². The quantitative estimate of drug-likeness (QED) is 0.547. The van der Waals surface area contributed by atoms with Gasteiger partial charge < -0.3 is 20.3 Å². The molecule has 180 valence electrons. The van der Waals surface area contributed by atoms with Crippen LogP contribution in [0.4, 0.5) is 17.3 Å². The molecule has 0 unspecified atom stereocenters. The SMILES string of the molecule is CC(C)COc1cc2cnc(Nc3ccc(N4CCNCC4)cc3)nc2n(C2CCCC2)c1=O. The summed E-state index contributed by atoms with van der Waals surface area (Å²) in [6.07, 6.45) is 6.02. The molecule has 1 aliphatic carbocycles. The molecule has 5 rings (SSSR count). The number of nitrogens with zero attached hydrogens (tertiary/aromatic N) is 4. The van der Waals surface area contributed by atoms with Gasteiger partial charge in [0.2, 0.25) is 5.95 Å². The summed E-state index contributed by atoms with van der Waals surface area (Å²) < 4.78 is 7.73. The summed E-state index contributed by atoms with van der Waals surface area (Å²) in [6, 6.07) is 10.3. The van der Waals surface area contributed by atoms with Crippen LogP contribution in [-0.2, 0) is 0 Å². The Bertz CT molecular complexity index is 1180. The molecular formula is C26H34N6O2. The van der Waals surface area contributed by atoms with Gasteiger partial charge in [0.1, 0.15) is 5.65 Å². The van der Waals surface area contributed by atoms with E-state index in [1.807, 2.05) is 4.57 Å². The zero-order valence-electron chi connectivity index (χ0n) is 20.1. The maximum atomic E-state index is 13.4. The minimum absolute atomic E-state index is 0.0925. The summed E-state index contributed by atoms with van der Waals surface area (Å²) in [5.41, 5.74) is 2.72. The van der Waals surface area contributed by atoms with E-state index in [9.17, 15) is 4.79 Å². The Kier molecular flexibility index (Phi) is 6.67. The van der Waals surface area contributed by atoms with Crippen LogP contribution in [-0.4, -0.2) is 47.3 Å². The molecule has 1 aromatic carbocycles. The number of hydrogen-bond donors (Lipinski definition) is 2. The number of hydrogen-bond acceptors (Lipinski definition) is 7. The van der Waals surface area contributed by atoms with E-state index in [1.54, 1.807) is 12.3 Å². The third kappa shape index (κ3) is 4.87. The van der Waals surface area contributed by atoms with Gasteiger partial charge in [0, 0.05) is 55.2 Å². The van der Waals surface area contributed by atoms with Crippen molar-refractivity contribution in [1.82, 2.24) is 19.9 Å². The maximum Gasteiger partial charge on any atom is 0.294 e. The highest BCUT2D eigenvalue weighted by atomic mass is 16.5. The van der Waals surface area contributed by atoms with Gasteiger partial charge in [-0.1, -0.05) is 26.7 Å². The number of ether oxygens (including phenoxy) is 1. The third-order valence-electron chi connectivity index (χ3n) is 6.61. The lowest BCUT2D eigenvalue weighted by molar-refractivity contribution is 0.265. The van der Waals surface area contributed by atoms with Crippen LogP contribution < -0.4 is 25.8 Å². The summed E-state index contributed by atoms with van der Waals surface area (Å²) in [4.78, 5) is 25.1. The Labute approximate surface area is 200 Å². The van der Waals surface area contributed by atoms with Gasteiger partial charge in [0.25, 0.3) is 5.56 Å². The maximum absolute atomic E-state index is 13.4. The monoisotopic (exact) mass is 462 g/mol. The van der Waals surface area contributed by atoms with Crippen molar-refractivity contribution in [2.75, 3.05) is 43.0 Å². The molecule has 1 saturated heterocycles. The average Bonchev–Trinajstić information content (AvgIpc) is 3.38. The second-order valence-corrected chi connectivity index (χ2v) is 9.71. The number of fused-ring (bicyclic) bond motifs is 1. The second-order valence-electron chi connectivity index (χ2n) is 9.71. The summed E-state index contributed by atoms with van der Waals surface area (Å²) in [7, 11) is 0. The molecule has 0 bridgehead atoms. The number of rotatable bonds is 7. The zero-order chi connectivity index (χ0) is 23.5. The van der Waals surface area contributed by atoms with Crippen molar-refractivity contribution in [1.29, 1.82) is 0 Å². The van der Waals surface area contributed by atoms with Crippen molar-refractivity contribution in [3.05, 3.63) is 46.9 Å². The van der Waals surface area contributed by atoms with Crippen molar-refractivity contribution in [3.63, 3.8) is 0 Å². The number of benzene rings is 1. The lowest BCUT2D eigenvalue weighted by atomic mass is 10.2. The number of aromatic nitrogens is 3. The fraction of sp³-hybridized carbons (Fsp3) is 0.500. The van der Waals surface area contributed by atoms with E-state index >= 15 is 0 Å². The molecule has 3 heterocycles. The van der Waals surface area contributed by atoms with Crippen LogP contribution in [0.25, 0.3) is 11.0 Å². The van der Waals surface area contributed by atoms with Gasteiger partial charge in [-0.2, -0.15) is 4.98 Å². The first-order valence-electron chi connectivity index (χ1n) is 12.5. The highest BCUT2D eigenvalue weighted by molar-refractivity contribution is 5.77. The van der Waals surface area contributed by atoms with Crippen molar-refractivity contribution in [2.24, 2.45) is 5.92 Å². The molecular weight excluding hydrogens is 428 g/mol. The molecule has 8 nitrogen and oxygen atoms in total. The summed E-state index contributed by atoms with van der Waals surface area (Å²) in [5, 5.41) is 7.53. The van der Waals surface area contributed by atoms with Crippen LogP contribution >= 0.6 is 0 Å². The Balaban J connectivity index is 1.44. The summed E-state index contributed by atoms with van der Waals surface area (Å²) >= 11 is 0. The Morgan fingerprint density at radius 1 is 1.15 bits per heavy atom. The smallest absolute Gasteiger partial charge is 0.294 e. The van der Waals surface area contributed by atoms with Crippen molar-refractivity contribution in [3.8, 4) is 5.75 Å². The van der Waals surface area contributed by atoms with Crippen LogP contribution in [0.1, 0.15) is 45.6 Å². The number of anilines is 3. The zero-order valence-corrected chi connectivity index (χ0v) is 20.1. The predicted molar refractivity (Wildman–Crippen MR) is 136 cm³/mol. The molecule has 2 aromatic heterocycles. The fourth-order valence-corrected chi connectivity index (χ4v) is 4.82. The lowest BCUT2D eigenvalue weighted by Gasteiger charge is -2.29. The van der Waals surface area contributed by atoms with Crippen molar-refractivity contribution >= 4 is 28.4 Å². The molecule has 2 fully saturated rings. The normalized spacial score (nSPS) is 17.0. The third-order valence-corrected chi connectivity index (χ3v) is 6.61. The molecule has 0 amide bonds. The molecule has 3 aromatic rings. The Morgan fingerprint density at radius 3 is 2.59 bits per heavy atom. The highest BCUT2D eigenvalue weighted by Crippen LogP contribution is 2.32. The van der Waals surface area contributed by atoms with E-state index < -0.39 is 0 Å². The second kappa shape index (κ2) is 10.0. The van der Waals surface area contributed by atoms with Crippen LogP contribution in [0.5, 0.6) is 5.75 Å². The molecule has 8 heteroatoms. The van der Waals surface area contributed by atoms with Gasteiger partial charge in [0.15, 0.2) is 5.75 Å². The van der Waals surface area contributed by atoms with E-state index in [0.29, 0.717) is 29.9 Å². The predicted octanol–water partition coefficient (Wildman–Crippen LogP) is 4.09. The minimum Gasteiger partial charge on any atom is -0.488 e. The summed E-state index contributed by atoms with van der Waals surface area (Å²) in [6.45, 7) is 8.72. The van der Waals surface area contributed by atoms with Crippen LogP contribution in [0.15, 0.2) is 41.3 Å². The molecule has 0 spiro atoms. The molecule has 2 aliphatic rings. The van der Waals surface area contributed by atoms with Gasteiger partial charge in [0.05, 0.1) is 6.61 Å².